The molecule has 0 N–H and O–H groups in total. The van der Waals surface area contributed by atoms with Gasteiger partial charge in [-0.25, -0.2) is 0 Å². The average Bonchev–Trinajstić information content (AvgIpc) is 3.71. The second kappa shape index (κ2) is 14.9. The van der Waals surface area contributed by atoms with Gasteiger partial charge in [-0.1, -0.05) is 183 Å². The molecular formula is C62H43NOS. The highest BCUT2D eigenvalue weighted by Crippen LogP contribution is 2.61. The molecule has 308 valence electrons. The van der Waals surface area contributed by atoms with Gasteiger partial charge >= 0.3 is 0 Å². The predicted molar refractivity (Wildman–Crippen MR) is 272 cm³/mol. The van der Waals surface area contributed by atoms with E-state index in [0.717, 1.165) is 40.4 Å². The maximum atomic E-state index is 7.00. The Morgan fingerprint density at radius 1 is 0.462 bits per heavy atom. The van der Waals surface area contributed by atoms with Gasteiger partial charge in [-0.15, -0.1) is 11.3 Å². The van der Waals surface area contributed by atoms with Crippen LogP contribution in [0.1, 0.15) is 41.2 Å². The fourth-order valence-corrected chi connectivity index (χ4v) is 12.4. The average molecular weight is 850 g/mol. The summed E-state index contributed by atoms with van der Waals surface area (Å²) in [5, 5.41) is 2.67. The lowest BCUT2D eigenvalue weighted by atomic mass is 9.62. The Labute approximate surface area is 383 Å². The quantitative estimate of drug-likeness (QED) is 0.171. The number of benzene rings is 9. The van der Waals surface area contributed by atoms with Gasteiger partial charge in [0.25, 0.3) is 0 Å². The molecule has 1 aliphatic heterocycles. The molecule has 3 heteroatoms. The lowest BCUT2D eigenvalue weighted by molar-refractivity contribution is 0.435. The SMILES string of the molecule is CC1CC(N(c2ccc(-c3ccccc3)cc2)c2ccc3c(c2)C2(c4ccccc4O3)c3ccccc3-c3ccccc3-c3ccccc32)=CC=C1c1cccc2c1sc1ccccc12. The van der Waals surface area contributed by atoms with Crippen LogP contribution in [-0.2, 0) is 5.41 Å². The molecule has 3 aliphatic rings. The number of fused-ring (bicyclic) bond motifs is 14. The summed E-state index contributed by atoms with van der Waals surface area (Å²) in [6.07, 6.45) is 5.64. The minimum absolute atomic E-state index is 0.273. The van der Waals surface area contributed by atoms with Crippen molar-refractivity contribution in [3.8, 4) is 44.9 Å². The predicted octanol–water partition coefficient (Wildman–Crippen LogP) is 17.0. The van der Waals surface area contributed by atoms with Crippen LogP contribution in [0.2, 0.25) is 0 Å². The van der Waals surface area contributed by atoms with E-state index in [1.807, 2.05) is 11.3 Å². The molecule has 0 amide bonds. The number of anilines is 2. The zero-order valence-electron chi connectivity index (χ0n) is 35.9. The first kappa shape index (κ1) is 37.8. The van der Waals surface area contributed by atoms with Crippen LogP contribution in [0.5, 0.6) is 11.5 Å². The molecule has 0 saturated carbocycles. The van der Waals surface area contributed by atoms with Crippen molar-refractivity contribution < 1.29 is 4.74 Å². The topological polar surface area (TPSA) is 12.5 Å². The van der Waals surface area contributed by atoms with Crippen LogP contribution >= 0.6 is 11.3 Å². The molecule has 13 rings (SSSR count). The molecule has 1 aromatic heterocycles. The Bertz CT molecular complexity index is 3510. The van der Waals surface area contributed by atoms with Gasteiger partial charge in [0.1, 0.15) is 11.5 Å². The largest absolute Gasteiger partial charge is 0.457 e. The number of hydrogen-bond donors (Lipinski definition) is 0. The van der Waals surface area contributed by atoms with Crippen molar-refractivity contribution in [2.75, 3.05) is 4.90 Å². The van der Waals surface area contributed by atoms with E-state index in [1.165, 1.54) is 81.5 Å². The summed E-state index contributed by atoms with van der Waals surface area (Å²) in [6.45, 7) is 2.39. The van der Waals surface area contributed by atoms with E-state index in [-0.39, 0.29) is 5.92 Å². The Morgan fingerprint density at radius 3 is 1.77 bits per heavy atom. The highest BCUT2D eigenvalue weighted by Gasteiger charge is 2.49. The Kier molecular flexibility index (Phi) is 8.69. The van der Waals surface area contributed by atoms with Crippen LogP contribution < -0.4 is 9.64 Å². The molecule has 1 unspecified atom stereocenters. The molecule has 0 radical (unpaired) electrons. The minimum atomic E-state index is -0.695. The van der Waals surface area contributed by atoms with Crippen molar-refractivity contribution in [1.29, 1.82) is 0 Å². The zero-order valence-corrected chi connectivity index (χ0v) is 36.7. The first-order valence-electron chi connectivity index (χ1n) is 22.6. The number of allylic oxidation sites excluding steroid dienone is 4. The summed E-state index contributed by atoms with van der Waals surface area (Å²) in [5.74, 6) is 2.02. The smallest absolute Gasteiger partial charge is 0.132 e. The summed E-state index contributed by atoms with van der Waals surface area (Å²) in [7, 11) is 0. The van der Waals surface area contributed by atoms with Gasteiger partial charge in [-0.2, -0.15) is 0 Å². The first-order chi connectivity index (χ1) is 32.1. The minimum Gasteiger partial charge on any atom is -0.457 e. The summed E-state index contributed by atoms with van der Waals surface area (Å²) < 4.78 is 9.70. The molecule has 0 bridgehead atoms. The van der Waals surface area contributed by atoms with Gasteiger partial charge in [-0.3, -0.25) is 0 Å². The van der Waals surface area contributed by atoms with Gasteiger partial charge in [0.2, 0.25) is 0 Å². The summed E-state index contributed by atoms with van der Waals surface area (Å²) in [4.78, 5) is 2.50. The standard InChI is InChI=1S/C62H43NOS/c1-40-38-44(34-36-46(40)52-23-15-24-53-51-22-9-14-29-60(51)65-61(52)53)63(43-32-30-42(31-33-43)41-16-3-2-4-17-41)45-35-37-59-57(39-45)62(56-27-12-13-28-58(56)64-59)54-25-10-7-20-49(54)47-18-5-6-19-48(47)50-21-8-11-26-55(50)62/h2-37,39-40H,38H2,1H3. The third-order valence-electron chi connectivity index (χ3n) is 14.0. The van der Waals surface area contributed by atoms with Crippen molar-refractivity contribution >= 4 is 48.5 Å². The van der Waals surface area contributed by atoms with E-state index >= 15 is 0 Å². The lowest BCUT2D eigenvalue weighted by Gasteiger charge is -2.43. The fourth-order valence-electron chi connectivity index (χ4n) is 11.2. The molecule has 65 heavy (non-hydrogen) atoms. The molecule has 1 spiro atoms. The van der Waals surface area contributed by atoms with Gasteiger partial charge in [0.05, 0.1) is 5.41 Å². The number of para-hydroxylation sites is 1. The van der Waals surface area contributed by atoms with Crippen LogP contribution in [0.3, 0.4) is 0 Å². The van der Waals surface area contributed by atoms with Crippen LogP contribution in [0.15, 0.2) is 230 Å². The molecule has 1 atom stereocenters. The molecule has 10 aromatic rings. The number of ether oxygens (including phenoxy) is 1. The lowest BCUT2D eigenvalue weighted by Crippen LogP contribution is -2.35. The Morgan fingerprint density at radius 2 is 1.03 bits per heavy atom. The van der Waals surface area contributed by atoms with Crippen molar-refractivity contribution in [2.24, 2.45) is 5.92 Å². The van der Waals surface area contributed by atoms with Crippen molar-refractivity contribution in [3.05, 3.63) is 258 Å². The van der Waals surface area contributed by atoms with E-state index in [4.69, 9.17) is 4.74 Å². The third-order valence-corrected chi connectivity index (χ3v) is 15.3. The molecule has 9 aromatic carbocycles. The summed E-state index contributed by atoms with van der Waals surface area (Å²) >= 11 is 1.91. The maximum absolute atomic E-state index is 7.00. The number of rotatable bonds is 5. The number of hydrogen-bond acceptors (Lipinski definition) is 3. The molecular weight excluding hydrogens is 807 g/mol. The fraction of sp³-hybridized carbons (Fsp3) is 0.0645. The molecule has 0 fully saturated rings. The van der Waals surface area contributed by atoms with Gasteiger partial charge in [0, 0.05) is 48.4 Å². The van der Waals surface area contributed by atoms with E-state index in [1.54, 1.807) is 0 Å². The van der Waals surface area contributed by atoms with Gasteiger partial charge in [0.15, 0.2) is 0 Å². The first-order valence-corrected chi connectivity index (χ1v) is 23.4. The van der Waals surface area contributed by atoms with Crippen molar-refractivity contribution in [3.63, 3.8) is 0 Å². The molecule has 2 aliphatic carbocycles. The van der Waals surface area contributed by atoms with Gasteiger partial charge in [-0.05, 0) is 117 Å². The van der Waals surface area contributed by atoms with Crippen molar-refractivity contribution in [2.45, 2.75) is 18.8 Å². The normalized spacial score (nSPS) is 15.4. The second-order valence-corrected chi connectivity index (χ2v) is 18.6. The van der Waals surface area contributed by atoms with Crippen LogP contribution in [0.25, 0.3) is 59.1 Å². The zero-order chi connectivity index (χ0) is 43.1. The molecule has 0 saturated heterocycles. The number of nitrogens with zero attached hydrogens (tertiary/aromatic N) is 1. The van der Waals surface area contributed by atoms with Crippen LogP contribution in [0, 0.1) is 5.92 Å². The number of thiophene rings is 1. The third kappa shape index (κ3) is 5.79. The van der Waals surface area contributed by atoms with E-state index < -0.39 is 5.41 Å². The van der Waals surface area contributed by atoms with Gasteiger partial charge < -0.3 is 9.64 Å². The second-order valence-electron chi connectivity index (χ2n) is 17.6. The van der Waals surface area contributed by atoms with E-state index in [0.29, 0.717) is 0 Å². The maximum Gasteiger partial charge on any atom is 0.132 e. The highest BCUT2D eigenvalue weighted by molar-refractivity contribution is 7.26. The Hall–Kier alpha value is -7.72. The highest BCUT2D eigenvalue weighted by atomic mass is 32.1. The van der Waals surface area contributed by atoms with E-state index in [9.17, 15) is 0 Å². The summed E-state index contributed by atoms with van der Waals surface area (Å²) in [5.41, 5.74) is 17.6. The summed E-state index contributed by atoms with van der Waals surface area (Å²) in [6, 6.07) is 78.0. The van der Waals surface area contributed by atoms with E-state index in [2.05, 4.69) is 236 Å². The van der Waals surface area contributed by atoms with Crippen molar-refractivity contribution in [1.82, 2.24) is 0 Å². The monoisotopic (exact) mass is 849 g/mol. The van der Waals surface area contributed by atoms with Crippen LogP contribution in [-0.4, -0.2) is 0 Å². The molecule has 2 heterocycles. The van der Waals surface area contributed by atoms with Crippen LogP contribution in [0.4, 0.5) is 11.4 Å². The molecule has 2 nitrogen and oxygen atoms in total. The Balaban J connectivity index is 1.04.